The van der Waals surface area contributed by atoms with Gasteiger partial charge in [0.05, 0.1) is 36.3 Å². The third kappa shape index (κ3) is 3.06. The van der Waals surface area contributed by atoms with Crippen LogP contribution in [0.15, 0.2) is 18.5 Å². The first-order valence-electron chi connectivity index (χ1n) is 7.54. The molecule has 2 aliphatic rings. The quantitative estimate of drug-likeness (QED) is 0.839. The summed E-state index contributed by atoms with van der Waals surface area (Å²) in [6.07, 6.45) is 5.97. The molecule has 0 bridgehead atoms. The fourth-order valence-corrected chi connectivity index (χ4v) is 3.21. The number of hydrogen-bond donors (Lipinski definition) is 0. The smallest absolute Gasteiger partial charge is 0.255 e. The highest BCUT2D eigenvalue weighted by Gasteiger charge is 2.43. The van der Waals surface area contributed by atoms with Crippen LogP contribution in [0.2, 0.25) is 0 Å². The molecule has 0 aliphatic carbocycles. The number of amides is 1. The van der Waals surface area contributed by atoms with Crippen LogP contribution in [0.3, 0.4) is 0 Å². The molecule has 3 rings (SSSR count). The topological polar surface area (TPSA) is 64.6 Å². The van der Waals surface area contributed by atoms with Gasteiger partial charge in [-0.05, 0) is 25.8 Å². The number of piperidine rings is 1. The van der Waals surface area contributed by atoms with E-state index in [1.165, 1.54) is 6.20 Å². The van der Waals surface area contributed by atoms with Crippen LogP contribution in [0.1, 0.15) is 36.5 Å². The molecule has 0 radical (unpaired) electrons. The van der Waals surface area contributed by atoms with Crippen molar-refractivity contribution in [1.29, 1.82) is 0 Å². The van der Waals surface area contributed by atoms with Crippen molar-refractivity contribution in [3.05, 3.63) is 24.0 Å². The average molecular weight is 291 g/mol. The van der Waals surface area contributed by atoms with Gasteiger partial charge in [-0.1, -0.05) is 0 Å². The van der Waals surface area contributed by atoms with E-state index in [-0.39, 0.29) is 17.6 Å². The second-order valence-electron chi connectivity index (χ2n) is 5.70. The summed E-state index contributed by atoms with van der Waals surface area (Å²) < 4.78 is 11.6. The summed E-state index contributed by atoms with van der Waals surface area (Å²) in [5, 5.41) is 7.47. The molecule has 21 heavy (non-hydrogen) atoms. The highest BCUT2D eigenvalue weighted by molar-refractivity contribution is 5.93. The van der Waals surface area contributed by atoms with Gasteiger partial charge in [-0.3, -0.25) is 4.79 Å². The first kappa shape index (κ1) is 14.4. The Balaban J connectivity index is 1.57. The molecule has 2 saturated heterocycles. The highest BCUT2D eigenvalue weighted by atomic mass is 16.6. The predicted octanol–water partition coefficient (Wildman–Crippen LogP) is 1.28. The minimum absolute atomic E-state index is 0.0269. The summed E-state index contributed by atoms with van der Waals surface area (Å²) in [5.41, 5.74) is 0.508. The maximum Gasteiger partial charge on any atom is 0.255 e. The van der Waals surface area contributed by atoms with Gasteiger partial charge in [0, 0.05) is 26.1 Å². The molecule has 0 aromatic carbocycles. The van der Waals surface area contributed by atoms with Crippen LogP contribution in [0.5, 0.6) is 0 Å². The third-order valence-corrected chi connectivity index (χ3v) is 4.37. The maximum atomic E-state index is 12.4. The van der Waals surface area contributed by atoms with E-state index in [2.05, 4.69) is 10.2 Å². The zero-order chi connectivity index (χ0) is 14.7. The summed E-state index contributed by atoms with van der Waals surface area (Å²) in [5.74, 6) is 0.0269. The molecular weight excluding hydrogens is 270 g/mol. The van der Waals surface area contributed by atoms with Crippen molar-refractivity contribution in [2.45, 2.75) is 37.9 Å². The number of carbonyl (C=O) groups excluding carboxylic acids is 1. The second kappa shape index (κ2) is 6.07. The molecule has 1 unspecified atom stereocenters. The molecule has 114 valence electrons. The second-order valence-corrected chi connectivity index (χ2v) is 5.70. The van der Waals surface area contributed by atoms with Crippen LogP contribution >= 0.6 is 0 Å². The van der Waals surface area contributed by atoms with Crippen LogP contribution < -0.4 is 0 Å². The third-order valence-electron chi connectivity index (χ3n) is 4.37. The van der Waals surface area contributed by atoms with Gasteiger partial charge in [0.2, 0.25) is 0 Å². The molecule has 0 N–H and O–H groups in total. The van der Waals surface area contributed by atoms with Gasteiger partial charge in [0.25, 0.3) is 5.91 Å². The fraction of sp³-hybridized carbons (Fsp3) is 0.667. The van der Waals surface area contributed by atoms with Gasteiger partial charge in [-0.25, -0.2) is 0 Å². The Morgan fingerprint density at radius 2 is 2.29 bits per heavy atom. The first-order valence-corrected chi connectivity index (χ1v) is 7.54. The molecule has 0 saturated carbocycles. The lowest BCUT2D eigenvalue weighted by Crippen LogP contribution is -2.46. The maximum absolute atomic E-state index is 12.4. The molecule has 3 heterocycles. The van der Waals surface area contributed by atoms with Crippen LogP contribution in [0.4, 0.5) is 0 Å². The minimum atomic E-state index is -0.0902. The summed E-state index contributed by atoms with van der Waals surface area (Å²) in [6, 6.07) is 1.71. The van der Waals surface area contributed by atoms with Crippen LogP contribution in [0.25, 0.3) is 0 Å². The molecule has 1 aromatic rings. The number of hydrogen-bond acceptors (Lipinski definition) is 5. The van der Waals surface area contributed by atoms with Crippen molar-refractivity contribution >= 4 is 5.91 Å². The molecular formula is C15H21N3O3. The highest BCUT2D eigenvalue weighted by Crippen LogP contribution is 2.37. The van der Waals surface area contributed by atoms with Gasteiger partial charge in [-0.15, -0.1) is 0 Å². The van der Waals surface area contributed by atoms with Crippen molar-refractivity contribution in [1.82, 2.24) is 15.1 Å². The van der Waals surface area contributed by atoms with Gasteiger partial charge in [0.1, 0.15) is 0 Å². The van der Waals surface area contributed by atoms with Gasteiger partial charge < -0.3 is 14.4 Å². The molecule has 1 amide bonds. The Kier molecular flexibility index (Phi) is 4.17. The van der Waals surface area contributed by atoms with E-state index in [4.69, 9.17) is 9.47 Å². The van der Waals surface area contributed by atoms with Crippen LogP contribution in [-0.4, -0.2) is 59.0 Å². The standard InChI is InChI=1S/C15H21N3O3/c1-2-20-13-9-15(21-11-13)4-7-18(8-5-15)14(19)12-3-6-16-17-10-12/h3,6,10,13H,2,4-5,7-9,11H2,1H3. The van der Waals surface area contributed by atoms with E-state index in [0.717, 1.165) is 39.0 Å². The molecule has 2 fully saturated rings. The summed E-state index contributed by atoms with van der Waals surface area (Å²) >= 11 is 0. The number of aromatic nitrogens is 2. The Bertz CT molecular complexity index is 486. The lowest BCUT2D eigenvalue weighted by atomic mass is 9.88. The molecule has 6 nitrogen and oxygen atoms in total. The minimum Gasteiger partial charge on any atom is -0.376 e. The summed E-state index contributed by atoms with van der Waals surface area (Å²) in [6.45, 7) is 4.86. The van der Waals surface area contributed by atoms with Crippen molar-refractivity contribution in [3.8, 4) is 0 Å². The summed E-state index contributed by atoms with van der Waals surface area (Å²) in [7, 11) is 0. The van der Waals surface area contributed by atoms with Crippen LogP contribution in [0, 0.1) is 0 Å². The number of nitrogens with zero attached hydrogens (tertiary/aromatic N) is 3. The number of rotatable bonds is 3. The number of ether oxygens (including phenoxy) is 2. The normalized spacial score (nSPS) is 24.4. The Morgan fingerprint density at radius 1 is 1.48 bits per heavy atom. The van der Waals surface area contributed by atoms with Crippen molar-refractivity contribution < 1.29 is 14.3 Å². The van der Waals surface area contributed by atoms with Gasteiger partial charge in [-0.2, -0.15) is 10.2 Å². The Morgan fingerprint density at radius 3 is 2.95 bits per heavy atom. The van der Waals surface area contributed by atoms with E-state index >= 15 is 0 Å². The first-order chi connectivity index (χ1) is 10.2. The van der Waals surface area contributed by atoms with Gasteiger partial charge >= 0.3 is 0 Å². The predicted molar refractivity (Wildman–Crippen MR) is 75.9 cm³/mol. The summed E-state index contributed by atoms with van der Waals surface area (Å²) in [4.78, 5) is 14.2. The lowest BCUT2D eigenvalue weighted by Gasteiger charge is -2.38. The number of carbonyl (C=O) groups is 1. The molecule has 1 atom stereocenters. The number of likely N-dealkylation sites (tertiary alicyclic amines) is 1. The van der Waals surface area contributed by atoms with Gasteiger partial charge in [0.15, 0.2) is 0 Å². The van der Waals surface area contributed by atoms with Crippen LogP contribution in [-0.2, 0) is 9.47 Å². The van der Waals surface area contributed by atoms with E-state index in [1.54, 1.807) is 12.3 Å². The molecule has 2 aliphatic heterocycles. The molecule has 1 aromatic heterocycles. The lowest BCUT2D eigenvalue weighted by molar-refractivity contribution is -0.0407. The van der Waals surface area contributed by atoms with E-state index in [1.807, 2.05) is 11.8 Å². The van der Waals surface area contributed by atoms with E-state index in [0.29, 0.717) is 12.2 Å². The zero-order valence-electron chi connectivity index (χ0n) is 12.3. The molecule has 6 heteroatoms. The fourth-order valence-electron chi connectivity index (χ4n) is 3.21. The SMILES string of the molecule is CCOC1COC2(CCN(C(=O)c3ccnnc3)CC2)C1. The van der Waals surface area contributed by atoms with Crippen molar-refractivity contribution in [3.63, 3.8) is 0 Å². The van der Waals surface area contributed by atoms with E-state index in [9.17, 15) is 4.79 Å². The Labute approximate surface area is 124 Å². The molecule has 1 spiro atoms. The van der Waals surface area contributed by atoms with E-state index < -0.39 is 0 Å². The monoisotopic (exact) mass is 291 g/mol. The van der Waals surface area contributed by atoms with Crippen molar-refractivity contribution in [2.75, 3.05) is 26.3 Å². The largest absolute Gasteiger partial charge is 0.376 e. The van der Waals surface area contributed by atoms with Crippen molar-refractivity contribution in [2.24, 2.45) is 0 Å². The zero-order valence-corrected chi connectivity index (χ0v) is 12.3. The Hall–Kier alpha value is -1.53. The average Bonchev–Trinajstić information content (AvgIpc) is 2.91.